The van der Waals surface area contributed by atoms with Gasteiger partial charge in [-0.25, -0.2) is 0 Å². The van der Waals surface area contributed by atoms with Crippen molar-refractivity contribution in [3.63, 3.8) is 0 Å². The first kappa shape index (κ1) is 21.0. The third-order valence-electron chi connectivity index (χ3n) is 4.46. The van der Waals surface area contributed by atoms with Crippen molar-refractivity contribution in [3.05, 3.63) is 84.9 Å². The molecule has 0 heterocycles. The molecule has 3 rings (SSSR count). The Bertz CT molecular complexity index is 958. The predicted molar refractivity (Wildman–Crippen MR) is 127 cm³/mol. The number of hydrogen-bond donors (Lipinski definition) is 1. The Morgan fingerprint density at radius 1 is 0.964 bits per heavy atom. The van der Waals surface area contributed by atoms with Crippen molar-refractivity contribution in [1.82, 2.24) is 0 Å². The monoisotopic (exact) mass is 551 g/mol. The molecular formula is C23H23BrINO2. The van der Waals surface area contributed by atoms with Crippen molar-refractivity contribution in [3.8, 4) is 11.5 Å². The van der Waals surface area contributed by atoms with Gasteiger partial charge >= 0.3 is 0 Å². The highest BCUT2D eigenvalue weighted by atomic mass is 127. The molecule has 0 unspecified atom stereocenters. The fourth-order valence-corrected chi connectivity index (χ4v) is 3.96. The number of ether oxygens (including phenoxy) is 2. The fraction of sp³-hybridized carbons (Fsp3) is 0.217. The zero-order valence-electron chi connectivity index (χ0n) is 16.2. The van der Waals surface area contributed by atoms with Crippen LogP contribution in [0.5, 0.6) is 11.5 Å². The molecule has 3 nitrogen and oxygen atoms in total. The quantitative estimate of drug-likeness (QED) is 0.325. The summed E-state index contributed by atoms with van der Waals surface area (Å²) in [5.74, 6) is 1.53. The van der Waals surface area contributed by atoms with Crippen LogP contribution in [0.4, 0.5) is 5.69 Å². The SMILES string of the molecule is COc1cc(CNc2cc(C)ccc2C)cc(I)c1OCc1ccc(Br)cc1. The molecular weight excluding hydrogens is 529 g/mol. The molecule has 0 spiro atoms. The molecule has 5 heteroatoms. The molecule has 0 aliphatic heterocycles. The summed E-state index contributed by atoms with van der Waals surface area (Å²) in [5.41, 5.74) is 5.91. The van der Waals surface area contributed by atoms with Gasteiger partial charge < -0.3 is 14.8 Å². The van der Waals surface area contributed by atoms with E-state index in [0.717, 1.165) is 42.9 Å². The minimum absolute atomic E-state index is 0.500. The van der Waals surface area contributed by atoms with Crippen molar-refractivity contribution in [2.75, 3.05) is 12.4 Å². The first-order chi connectivity index (χ1) is 13.5. The molecule has 0 fully saturated rings. The van der Waals surface area contributed by atoms with Crippen molar-refractivity contribution < 1.29 is 9.47 Å². The molecule has 0 aromatic heterocycles. The van der Waals surface area contributed by atoms with Crippen molar-refractivity contribution >= 4 is 44.2 Å². The first-order valence-electron chi connectivity index (χ1n) is 9.01. The van der Waals surface area contributed by atoms with E-state index in [1.165, 1.54) is 11.1 Å². The van der Waals surface area contributed by atoms with Gasteiger partial charge in [0, 0.05) is 16.7 Å². The number of halogens is 2. The third kappa shape index (κ3) is 5.41. The van der Waals surface area contributed by atoms with Crippen molar-refractivity contribution in [2.24, 2.45) is 0 Å². The number of nitrogens with one attached hydrogen (secondary N) is 1. The number of benzene rings is 3. The number of methoxy groups -OCH3 is 1. The van der Waals surface area contributed by atoms with Gasteiger partial charge in [0.15, 0.2) is 11.5 Å². The van der Waals surface area contributed by atoms with Crippen LogP contribution >= 0.6 is 38.5 Å². The third-order valence-corrected chi connectivity index (χ3v) is 5.79. The van der Waals surface area contributed by atoms with Gasteiger partial charge in [0.05, 0.1) is 10.7 Å². The molecule has 0 saturated heterocycles. The minimum atomic E-state index is 0.500. The second-order valence-electron chi connectivity index (χ2n) is 6.70. The molecule has 0 saturated carbocycles. The van der Waals surface area contributed by atoms with Gasteiger partial charge in [-0.05, 0) is 89.0 Å². The summed E-state index contributed by atoms with van der Waals surface area (Å²) in [4.78, 5) is 0. The standard InChI is InChI=1S/C23H23BrINO2/c1-15-4-5-16(2)21(10-15)26-13-18-11-20(25)23(22(12-18)27-3)28-14-17-6-8-19(24)9-7-17/h4-12,26H,13-14H2,1-3H3. The lowest BCUT2D eigenvalue weighted by Crippen LogP contribution is -2.04. The van der Waals surface area contributed by atoms with Crippen LogP contribution < -0.4 is 14.8 Å². The van der Waals surface area contributed by atoms with Gasteiger partial charge in [-0.3, -0.25) is 0 Å². The van der Waals surface area contributed by atoms with Crippen LogP contribution in [0.3, 0.4) is 0 Å². The topological polar surface area (TPSA) is 30.5 Å². The lowest BCUT2D eigenvalue weighted by Gasteiger charge is -2.16. The van der Waals surface area contributed by atoms with E-state index in [9.17, 15) is 0 Å². The van der Waals surface area contributed by atoms with Gasteiger partial charge in [-0.2, -0.15) is 0 Å². The molecule has 0 aliphatic rings. The maximum Gasteiger partial charge on any atom is 0.174 e. The van der Waals surface area contributed by atoms with Crippen LogP contribution in [0.2, 0.25) is 0 Å². The van der Waals surface area contributed by atoms with E-state index in [1.807, 2.05) is 30.3 Å². The van der Waals surface area contributed by atoms with Crippen LogP contribution in [0.25, 0.3) is 0 Å². The Balaban J connectivity index is 1.73. The second kappa shape index (κ2) is 9.65. The van der Waals surface area contributed by atoms with E-state index in [2.05, 4.69) is 82.0 Å². The van der Waals surface area contributed by atoms with Gasteiger partial charge in [0.1, 0.15) is 6.61 Å². The molecule has 1 N–H and O–H groups in total. The van der Waals surface area contributed by atoms with E-state index in [4.69, 9.17) is 9.47 Å². The number of anilines is 1. The fourth-order valence-electron chi connectivity index (χ4n) is 2.88. The van der Waals surface area contributed by atoms with Crippen LogP contribution in [0, 0.1) is 17.4 Å². The van der Waals surface area contributed by atoms with Crippen LogP contribution in [0.15, 0.2) is 59.1 Å². The molecule has 146 valence electrons. The van der Waals surface area contributed by atoms with Gasteiger partial charge in [-0.1, -0.05) is 40.2 Å². The summed E-state index contributed by atoms with van der Waals surface area (Å²) in [7, 11) is 1.68. The molecule has 3 aromatic carbocycles. The smallest absolute Gasteiger partial charge is 0.174 e. The lowest BCUT2D eigenvalue weighted by molar-refractivity contribution is 0.282. The predicted octanol–water partition coefficient (Wildman–Crippen LogP) is 6.87. The summed E-state index contributed by atoms with van der Waals surface area (Å²) in [6.45, 7) is 5.45. The number of aryl methyl sites for hydroxylation is 2. The van der Waals surface area contributed by atoms with Crippen molar-refractivity contribution in [1.29, 1.82) is 0 Å². The number of rotatable bonds is 7. The Kier molecular flexibility index (Phi) is 7.24. The van der Waals surface area contributed by atoms with Gasteiger partial charge in [0.2, 0.25) is 0 Å². The average molecular weight is 552 g/mol. The second-order valence-corrected chi connectivity index (χ2v) is 8.77. The van der Waals surface area contributed by atoms with E-state index in [0.29, 0.717) is 6.61 Å². The maximum absolute atomic E-state index is 6.07. The Morgan fingerprint density at radius 2 is 1.71 bits per heavy atom. The van der Waals surface area contributed by atoms with Crippen LogP contribution in [0.1, 0.15) is 22.3 Å². The van der Waals surface area contributed by atoms with E-state index < -0.39 is 0 Å². The maximum atomic E-state index is 6.07. The normalized spacial score (nSPS) is 10.6. The molecule has 0 atom stereocenters. The zero-order valence-corrected chi connectivity index (χ0v) is 19.9. The van der Waals surface area contributed by atoms with E-state index in [-0.39, 0.29) is 0 Å². The minimum Gasteiger partial charge on any atom is -0.493 e. The van der Waals surface area contributed by atoms with Gasteiger partial charge in [0.25, 0.3) is 0 Å². The molecule has 0 bridgehead atoms. The largest absolute Gasteiger partial charge is 0.493 e. The highest BCUT2D eigenvalue weighted by Crippen LogP contribution is 2.35. The first-order valence-corrected chi connectivity index (χ1v) is 10.9. The van der Waals surface area contributed by atoms with E-state index >= 15 is 0 Å². The molecule has 3 aromatic rings. The zero-order chi connectivity index (χ0) is 20.1. The Hall–Kier alpha value is -1.73. The summed E-state index contributed by atoms with van der Waals surface area (Å²) >= 11 is 5.76. The Labute approximate surface area is 188 Å². The summed E-state index contributed by atoms with van der Waals surface area (Å²) in [6.07, 6.45) is 0. The highest BCUT2D eigenvalue weighted by molar-refractivity contribution is 14.1. The number of hydrogen-bond acceptors (Lipinski definition) is 3. The van der Waals surface area contributed by atoms with Crippen molar-refractivity contribution in [2.45, 2.75) is 27.0 Å². The summed E-state index contributed by atoms with van der Waals surface area (Å²) in [6, 6.07) is 18.7. The molecule has 0 radical (unpaired) electrons. The molecule has 0 aliphatic carbocycles. The average Bonchev–Trinajstić information content (AvgIpc) is 2.68. The highest BCUT2D eigenvalue weighted by Gasteiger charge is 2.12. The molecule has 0 amide bonds. The van der Waals surface area contributed by atoms with Crippen LogP contribution in [-0.2, 0) is 13.2 Å². The molecule has 28 heavy (non-hydrogen) atoms. The van der Waals surface area contributed by atoms with Crippen LogP contribution in [-0.4, -0.2) is 7.11 Å². The van der Waals surface area contributed by atoms with Gasteiger partial charge in [-0.15, -0.1) is 0 Å². The lowest BCUT2D eigenvalue weighted by atomic mass is 10.1. The Morgan fingerprint density at radius 3 is 2.43 bits per heavy atom. The summed E-state index contributed by atoms with van der Waals surface area (Å²) in [5, 5.41) is 3.53. The van der Waals surface area contributed by atoms with E-state index in [1.54, 1.807) is 7.11 Å². The summed E-state index contributed by atoms with van der Waals surface area (Å²) < 4.78 is 13.8.